The Hall–Kier alpha value is -0.820. The van der Waals surface area contributed by atoms with Gasteiger partial charge in [-0.2, -0.15) is 0 Å². The second-order valence-electron chi connectivity index (χ2n) is 4.86. The minimum atomic E-state index is -0.234. The topological polar surface area (TPSA) is 26.0 Å². The van der Waals surface area contributed by atoms with Gasteiger partial charge < -0.3 is 5.73 Å². The predicted molar refractivity (Wildman–Crippen MR) is 67.0 cm³/mol. The van der Waals surface area contributed by atoms with Crippen LogP contribution in [0.5, 0.6) is 0 Å². The van der Waals surface area contributed by atoms with Gasteiger partial charge in [0.25, 0.3) is 0 Å². The first-order valence-electron chi connectivity index (χ1n) is 5.88. The molecule has 0 atom stereocenters. The second kappa shape index (κ2) is 4.80. The number of benzene rings is 1. The number of rotatable bonds is 4. The summed E-state index contributed by atoms with van der Waals surface area (Å²) in [5.41, 5.74) is 8.53. The van der Waals surface area contributed by atoms with E-state index in [4.69, 9.17) is 5.73 Å². The zero-order valence-corrected chi connectivity index (χ0v) is 10.4. The number of nitrogens with two attached hydrogens (primary N) is 1. The first-order chi connectivity index (χ1) is 6.99. The molecule has 0 radical (unpaired) electrons. The zero-order valence-electron chi connectivity index (χ0n) is 10.4. The van der Waals surface area contributed by atoms with Crippen molar-refractivity contribution in [3.05, 3.63) is 35.4 Å². The molecule has 2 N–H and O–H groups in total. The van der Waals surface area contributed by atoms with Gasteiger partial charge in [-0.15, -0.1) is 0 Å². The summed E-state index contributed by atoms with van der Waals surface area (Å²) in [6.45, 7) is 8.60. The number of hydrogen-bond donors (Lipinski definition) is 1. The Kier molecular flexibility index (Phi) is 3.92. The monoisotopic (exact) mass is 205 g/mol. The van der Waals surface area contributed by atoms with Crippen molar-refractivity contribution in [1.82, 2.24) is 0 Å². The minimum Gasteiger partial charge on any atom is -0.322 e. The van der Waals surface area contributed by atoms with Crippen LogP contribution in [0, 0.1) is 0 Å². The third-order valence-corrected chi connectivity index (χ3v) is 3.09. The summed E-state index contributed by atoms with van der Waals surface area (Å²) in [5, 5.41) is 0. The van der Waals surface area contributed by atoms with E-state index in [-0.39, 0.29) is 5.54 Å². The highest BCUT2D eigenvalue weighted by Gasteiger charge is 2.15. The minimum absolute atomic E-state index is 0.234. The van der Waals surface area contributed by atoms with Crippen LogP contribution in [-0.4, -0.2) is 0 Å². The molecule has 0 unspecified atom stereocenters. The lowest BCUT2D eigenvalue weighted by atomic mass is 9.88. The van der Waals surface area contributed by atoms with Crippen molar-refractivity contribution in [1.29, 1.82) is 0 Å². The molecule has 0 aromatic heterocycles. The predicted octanol–water partition coefficient (Wildman–Crippen LogP) is 3.78. The average Bonchev–Trinajstić information content (AvgIpc) is 2.19. The molecule has 0 bridgehead atoms. The van der Waals surface area contributed by atoms with Gasteiger partial charge in [-0.3, -0.25) is 0 Å². The lowest BCUT2D eigenvalue weighted by Crippen LogP contribution is -2.28. The molecule has 0 spiro atoms. The fraction of sp³-hybridized carbons (Fsp3) is 0.571. The van der Waals surface area contributed by atoms with Crippen LogP contribution in [0.1, 0.15) is 57.6 Å². The molecule has 1 nitrogen and oxygen atoms in total. The Bertz CT molecular complexity index is 305. The Morgan fingerprint density at radius 2 is 1.80 bits per heavy atom. The van der Waals surface area contributed by atoms with Gasteiger partial charge in [0.1, 0.15) is 0 Å². The van der Waals surface area contributed by atoms with Crippen LogP contribution in [0.3, 0.4) is 0 Å². The molecule has 1 aromatic carbocycles. The van der Waals surface area contributed by atoms with Crippen LogP contribution in [0.25, 0.3) is 0 Å². The maximum atomic E-state index is 6.11. The van der Waals surface area contributed by atoms with E-state index in [1.165, 1.54) is 24.0 Å². The van der Waals surface area contributed by atoms with Gasteiger partial charge in [-0.1, -0.05) is 38.1 Å². The third-order valence-electron chi connectivity index (χ3n) is 3.09. The molecule has 0 saturated carbocycles. The molecule has 1 rings (SSSR count). The van der Waals surface area contributed by atoms with Crippen LogP contribution in [0.15, 0.2) is 24.3 Å². The Morgan fingerprint density at radius 1 is 1.20 bits per heavy atom. The van der Waals surface area contributed by atoms with Crippen molar-refractivity contribution in [2.45, 2.75) is 52.0 Å². The molecule has 0 amide bonds. The smallest absolute Gasteiger partial charge is 0.0352 e. The van der Waals surface area contributed by atoms with Crippen LogP contribution < -0.4 is 5.73 Å². The van der Waals surface area contributed by atoms with E-state index in [0.717, 1.165) is 0 Å². The van der Waals surface area contributed by atoms with Gasteiger partial charge in [0.05, 0.1) is 0 Å². The standard InChI is InChI=1S/C14H23N/c1-5-11(6-2)12-8-7-9-13(10-12)14(3,4)15/h7-11H,5-6,15H2,1-4H3. The van der Waals surface area contributed by atoms with Gasteiger partial charge in [0.2, 0.25) is 0 Å². The van der Waals surface area contributed by atoms with E-state index in [9.17, 15) is 0 Å². The normalized spacial score (nSPS) is 12.1. The molecular weight excluding hydrogens is 182 g/mol. The van der Waals surface area contributed by atoms with Gasteiger partial charge in [-0.25, -0.2) is 0 Å². The summed E-state index contributed by atoms with van der Waals surface area (Å²) in [6.07, 6.45) is 2.40. The van der Waals surface area contributed by atoms with E-state index in [1.54, 1.807) is 0 Å². The molecule has 0 saturated heterocycles. The molecule has 0 aliphatic rings. The van der Waals surface area contributed by atoms with Gasteiger partial charge in [0, 0.05) is 5.54 Å². The van der Waals surface area contributed by atoms with Crippen molar-refractivity contribution in [3.8, 4) is 0 Å². The summed E-state index contributed by atoms with van der Waals surface area (Å²) in [4.78, 5) is 0. The molecule has 0 fully saturated rings. The lowest BCUT2D eigenvalue weighted by Gasteiger charge is -2.22. The Balaban J connectivity index is 3.02. The van der Waals surface area contributed by atoms with Crippen LogP contribution in [-0.2, 0) is 5.54 Å². The highest BCUT2D eigenvalue weighted by atomic mass is 14.7. The Morgan fingerprint density at radius 3 is 2.27 bits per heavy atom. The van der Waals surface area contributed by atoms with E-state index in [2.05, 4.69) is 52.0 Å². The van der Waals surface area contributed by atoms with Crippen molar-refractivity contribution in [2.24, 2.45) is 5.73 Å². The zero-order chi connectivity index (χ0) is 11.5. The Labute approximate surface area is 93.7 Å². The maximum absolute atomic E-state index is 6.11. The summed E-state index contributed by atoms with van der Waals surface area (Å²) in [6, 6.07) is 8.72. The van der Waals surface area contributed by atoms with E-state index < -0.39 is 0 Å². The molecule has 84 valence electrons. The van der Waals surface area contributed by atoms with Crippen LogP contribution >= 0.6 is 0 Å². The SMILES string of the molecule is CCC(CC)c1cccc(C(C)(C)N)c1. The molecule has 0 aliphatic heterocycles. The van der Waals surface area contributed by atoms with E-state index >= 15 is 0 Å². The first kappa shape index (κ1) is 12.3. The van der Waals surface area contributed by atoms with E-state index in [0.29, 0.717) is 5.92 Å². The van der Waals surface area contributed by atoms with Crippen molar-refractivity contribution in [3.63, 3.8) is 0 Å². The summed E-state index contributed by atoms with van der Waals surface area (Å²) >= 11 is 0. The number of hydrogen-bond acceptors (Lipinski definition) is 1. The van der Waals surface area contributed by atoms with Crippen molar-refractivity contribution >= 4 is 0 Å². The molecule has 15 heavy (non-hydrogen) atoms. The molecule has 1 heteroatoms. The van der Waals surface area contributed by atoms with Crippen molar-refractivity contribution < 1.29 is 0 Å². The molecule has 0 heterocycles. The highest BCUT2D eigenvalue weighted by molar-refractivity contribution is 5.30. The first-order valence-corrected chi connectivity index (χ1v) is 5.88. The molecule has 1 aromatic rings. The van der Waals surface area contributed by atoms with Crippen LogP contribution in [0.4, 0.5) is 0 Å². The molecule has 0 aliphatic carbocycles. The molecular formula is C14H23N. The van der Waals surface area contributed by atoms with Gasteiger partial charge >= 0.3 is 0 Å². The fourth-order valence-corrected chi connectivity index (χ4v) is 1.95. The summed E-state index contributed by atoms with van der Waals surface area (Å²) < 4.78 is 0. The van der Waals surface area contributed by atoms with E-state index in [1.807, 2.05) is 0 Å². The lowest BCUT2D eigenvalue weighted by molar-refractivity contribution is 0.550. The quantitative estimate of drug-likeness (QED) is 0.795. The summed E-state index contributed by atoms with van der Waals surface area (Å²) in [7, 11) is 0. The van der Waals surface area contributed by atoms with Crippen molar-refractivity contribution in [2.75, 3.05) is 0 Å². The largest absolute Gasteiger partial charge is 0.322 e. The highest BCUT2D eigenvalue weighted by Crippen LogP contribution is 2.26. The third kappa shape index (κ3) is 3.07. The average molecular weight is 205 g/mol. The van der Waals surface area contributed by atoms with Gasteiger partial charge in [-0.05, 0) is 43.7 Å². The van der Waals surface area contributed by atoms with Crippen LogP contribution in [0.2, 0.25) is 0 Å². The second-order valence-corrected chi connectivity index (χ2v) is 4.86. The fourth-order valence-electron chi connectivity index (χ4n) is 1.95. The maximum Gasteiger partial charge on any atom is 0.0352 e. The summed E-state index contributed by atoms with van der Waals surface area (Å²) in [5.74, 6) is 0.673. The van der Waals surface area contributed by atoms with Gasteiger partial charge in [0.15, 0.2) is 0 Å².